The normalized spacial score (nSPS) is 10.3. The molecule has 0 atom stereocenters. The van der Waals surface area contributed by atoms with Crippen LogP contribution >= 0.6 is 0 Å². The van der Waals surface area contributed by atoms with Gasteiger partial charge in [0, 0.05) is 31.3 Å². The summed E-state index contributed by atoms with van der Waals surface area (Å²) in [4.78, 5) is 46.1. The molecule has 0 spiro atoms. The highest BCUT2D eigenvalue weighted by Crippen LogP contribution is 2.18. The number of hydrogen-bond donors (Lipinski definition) is 3. The molecule has 1 aromatic heterocycles. The molecule has 3 amide bonds. The van der Waals surface area contributed by atoms with E-state index in [1.807, 2.05) is 0 Å². The zero-order valence-electron chi connectivity index (χ0n) is 16.1. The van der Waals surface area contributed by atoms with E-state index in [-0.39, 0.29) is 35.5 Å². The molecule has 0 radical (unpaired) electrons. The lowest BCUT2D eigenvalue weighted by Gasteiger charge is -2.10. The van der Waals surface area contributed by atoms with Crippen LogP contribution in [0.2, 0.25) is 0 Å². The summed E-state index contributed by atoms with van der Waals surface area (Å²) in [6.07, 6.45) is 2.81. The predicted molar refractivity (Wildman–Crippen MR) is 111 cm³/mol. The van der Waals surface area contributed by atoms with Crippen LogP contribution in [0.3, 0.4) is 0 Å². The molecule has 0 bridgehead atoms. The maximum absolute atomic E-state index is 12.6. The predicted octanol–water partition coefficient (Wildman–Crippen LogP) is 1.64. The van der Waals surface area contributed by atoms with Crippen molar-refractivity contribution >= 4 is 29.1 Å². The zero-order valence-corrected chi connectivity index (χ0v) is 16.1. The standard InChI is InChI=1S/C20H18N6O5/c21-18(27)9-10-22-20(29)16-3-1-2-4-17(16)24-19(28)13-11-23-25(12-13)14-5-7-15(8-6-14)26(30)31/h1-8,11-12H,9-10H2,(H2,21,27)(H,22,29)(H,24,28). The van der Waals surface area contributed by atoms with E-state index in [1.165, 1.54) is 47.4 Å². The molecule has 11 heteroatoms. The number of nitrogens with two attached hydrogens (primary N) is 1. The number of nitrogens with zero attached hydrogens (tertiary/aromatic N) is 3. The fourth-order valence-electron chi connectivity index (χ4n) is 2.69. The van der Waals surface area contributed by atoms with Gasteiger partial charge < -0.3 is 16.4 Å². The first kappa shape index (κ1) is 21.2. The van der Waals surface area contributed by atoms with Crippen molar-refractivity contribution in [2.24, 2.45) is 5.73 Å². The molecule has 158 valence electrons. The second-order valence-corrected chi connectivity index (χ2v) is 6.42. The summed E-state index contributed by atoms with van der Waals surface area (Å²) in [7, 11) is 0. The number of carbonyl (C=O) groups excluding carboxylic acids is 3. The fraction of sp³-hybridized carbons (Fsp3) is 0.100. The minimum absolute atomic E-state index is 0.00208. The molecule has 0 unspecified atom stereocenters. The highest BCUT2D eigenvalue weighted by atomic mass is 16.6. The first-order valence-corrected chi connectivity index (χ1v) is 9.11. The van der Waals surface area contributed by atoms with E-state index in [4.69, 9.17) is 5.73 Å². The van der Waals surface area contributed by atoms with Gasteiger partial charge in [-0.25, -0.2) is 4.68 Å². The van der Waals surface area contributed by atoms with Gasteiger partial charge in [0.15, 0.2) is 0 Å². The maximum atomic E-state index is 12.6. The van der Waals surface area contributed by atoms with Crippen molar-refractivity contribution in [3.05, 3.63) is 82.2 Å². The molecule has 0 aliphatic carbocycles. The van der Waals surface area contributed by atoms with Crippen molar-refractivity contribution in [1.82, 2.24) is 15.1 Å². The number of non-ortho nitro benzene ring substituents is 1. The van der Waals surface area contributed by atoms with E-state index >= 15 is 0 Å². The van der Waals surface area contributed by atoms with Crippen molar-refractivity contribution < 1.29 is 19.3 Å². The van der Waals surface area contributed by atoms with Crippen LogP contribution in [0.1, 0.15) is 27.1 Å². The smallest absolute Gasteiger partial charge is 0.269 e. The number of carbonyl (C=O) groups is 3. The molecule has 0 saturated carbocycles. The minimum atomic E-state index is -0.535. The van der Waals surface area contributed by atoms with Gasteiger partial charge >= 0.3 is 0 Å². The number of rotatable bonds is 8. The van der Waals surface area contributed by atoms with Gasteiger partial charge in [-0.15, -0.1) is 0 Å². The van der Waals surface area contributed by atoms with Crippen molar-refractivity contribution in [3.63, 3.8) is 0 Å². The Morgan fingerprint density at radius 1 is 1.06 bits per heavy atom. The van der Waals surface area contributed by atoms with Crippen LogP contribution in [0, 0.1) is 10.1 Å². The molecule has 4 N–H and O–H groups in total. The van der Waals surface area contributed by atoms with Crippen molar-refractivity contribution in [1.29, 1.82) is 0 Å². The summed E-state index contributed by atoms with van der Waals surface area (Å²) < 4.78 is 1.40. The third-order valence-corrected chi connectivity index (χ3v) is 4.25. The Labute approximate surface area is 176 Å². The number of aromatic nitrogens is 2. The molecule has 3 rings (SSSR count). The van der Waals surface area contributed by atoms with Gasteiger partial charge in [-0.1, -0.05) is 12.1 Å². The van der Waals surface area contributed by atoms with Gasteiger partial charge in [-0.3, -0.25) is 24.5 Å². The molecule has 0 aliphatic heterocycles. The van der Waals surface area contributed by atoms with Gasteiger partial charge in [-0.05, 0) is 24.3 Å². The van der Waals surface area contributed by atoms with E-state index in [0.29, 0.717) is 5.69 Å². The average molecular weight is 422 g/mol. The van der Waals surface area contributed by atoms with Crippen LogP contribution in [0.5, 0.6) is 0 Å². The largest absolute Gasteiger partial charge is 0.370 e. The Hall–Kier alpha value is -4.54. The highest BCUT2D eigenvalue weighted by molar-refractivity contribution is 6.08. The Morgan fingerprint density at radius 3 is 2.45 bits per heavy atom. The van der Waals surface area contributed by atoms with Crippen LogP contribution in [0.15, 0.2) is 60.9 Å². The van der Waals surface area contributed by atoms with Crippen LogP contribution in [0.25, 0.3) is 5.69 Å². The summed E-state index contributed by atoms with van der Waals surface area (Å²) in [5.41, 5.74) is 6.28. The third-order valence-electron chi connectivity index (χ3n) is 4.25. The number of anilines is 1. The second-order valence-electron chi connectivity index (χ2n) is 6.42. The van der Waals surface area contributed by atoms with Crippen molar-refractivity contribution in [2.75, 3.05) is 11.9 Å². The van der Waals surface area contributed by atoms with Crippen LogP contribution in [0.4, 0.5) is 11.4 Å². The molecule has 0 aliphatic rings. The first-order valence-electron chi connectivity index (χ1n) is 9.11. The lowest BCUT2D eigenvalue weighted by molar-refractivity contribution is -0.384. The summed E-state index contributed by atoms with van der Waals surface area (Å²) in [6, 6.07) is 12.1. The lowest BCUT2D eigenvalue weighted by atomic mass is 10.1. The van der Waals surface area contributed by atoms with E-state index in [2.05, 4.69) is 15.7 Å². The van der Waals surface area contributed by atoms with Crippen LogP contribution in [-0.4, -0.2) is 39.0 Å². The number of para-hydroxylation sites is 1. The average Bonchev–Trinajstić information content (AvgIpc) is 3.24. The highest BCUT2D eigenvalue weighted by Gasteiger charge is 2.16. The van der Waals surface area contributed by atoms with E-state index in [9.17, 15) is 24.5 Å². The SMILES string of the molecule is NC(=O)CCNC(=O)c1ccccc1NC(=O)c1cnn(-c2ccc([N+](=O)[O-])cc2)c1. The summed E-state index contributed by atoms with van der Waals surface area (Å²) in [5, 5.41) is 20.1. The van der Waals surface area contributed by atoms with Crippen molar-refractivity contribution in [2.45, 2.75) is 6.42 Å². The van der Waals surface area contributed by atoms with Gasteiger partial charge in [0.1, 0.15) is 0 Å². The summed E-state index contributed by atoms with van der Waals surface area (Å²) in [6.45, 7) is 0.0818. The van der Waals surface area contributed by atoms with E-state index < -0.39 is 22.6 Å². The molecule has 0 saturated heterocycles. The van der Waals surface area contributed by atoms with Crippen LogP contribution in [-0.2, 0) is 4.79 Å². The van der Waals surface area contributed by atoms with Gasteiger partial charge in [0.2, 0.25) is 5.91 Å². The summed E-state index contributed by atoms with van der Waals surface area (Å²) >= 11 is 0. The van der Waals surface area contributed by atoms with Gasteiger partial charge in [0.25, 0.3) is 17.5 Å². The third kappa shape index (κ3) is 5.29. The van der Waals surface area contributed by atoms with Crippen molar-refractivity contribution in [3.8, 4) is 5.69 Å². The molecular weight excluding hydrogens is 404 g/mol. The molecule has 31 heavy (non-hydrogen) atoms. The van der Waals surface area contributed by atoms with Gasteiger partial charge in [0.05, 0.1) is 33.6 Å². The van der Waals surface area contributed by atoms with E-state index in [0.717, 1.165) is 0 Å². The number of primary amides is 1. The van der Waals surface area contributed by atoms with E-state index in [1.54, 1.807) is 18.2 Å². The van der Waals surface area contributed by atoms with Gasteiger partial charge in [-0.2, -0.15) is 5.10 Å². The molecule has 1 heterocycles. The Morgan fingerprint density at radius 2 is 1.77 bits per heavy atom. The molecule has 0 fully saturated rings. The zero-order chi connectivity index (χ0) is 22.4. The Balaban J connectivity index is 1.72. The molecule has 3 aromatic rings. The number of hydrogen-bond acceptors (Lipinski definition) is 6. The molecular formula is C20H18N6O5. The quantitative estimate of drug-likeness (QED) is 0.369. The first-order chi connectivity index (χ1) is 14.8. The topological polar surface area (TPSA) is 162 Å². The number of amides is 3. The number of nitro groups is 1. The second kappa shape index (κ2) is 9.31. The summed E-state index contributed by atoms with van der Waals surface area (Å²) in [5.74, 6) is -1.49. The van der Waals surface area contributed by atoms with Crippen LogP contribution < -0.4 is 16.4 Å². The Kier molecular flexibility index (Phi) is 6.36. The maximum Gasteiger partial charge on any atom is 0.269 e. The monoisotopic (exact) mass is 422 g/mol. The minimum Gasteiger partial charge on any atom is -0.370 e. The molecule has 11 nitrogen and oxygen atoms in total. The number of nitro benzene ring substituents is 1. The lowest BCUT2D eigenvalue weighted by Crippen LogP contribution is -2.28. The molecule has 2 aromatic carbocycles. The number of benzene rings is 2. The Bertz CT molecular complexity index is 1140. The number of nitrogens with one attached hydrogen (secondary N) is 2. The fourth-order valence-corrected chi connectivity index (χ4v) is 2.69.